The molecule has 1 fully saturated rings. The van der Waals surface area contributed by atoms with Crippen molar-refractivity contribution in [2.75, 3.05) is 29.9 Å². The fourth-order valence-corrected chi connectivity index (χ4v) is 4.36. The standard InChI is InChI=1S/C22H23FN4OS/c1-16-14-17(15-26-10-12-29-13-11-26)6-7-19(16)24-22(28)20-8-9-27(25-20)21-5-3-2-4-18(21)23/h2-9,14H,10-13,15H2,1H3,(H,24,28). The highest BCUT2D eigenvalue weighted by atomic mass is 32.2. The smallest absolute Gasteiger partial charge is 0.276 e. The molecule has 0 spiro atoms. The molecule has 0 radical (unpaired) electrons. The number of thioether (sulfide) groups is 1. The van der Waals surface area contributed by atoms with Crippen LogP contribution in [0.15, 0.2) is 54.7 Å². The second-order valence-electron chi connectivity index (χ2n) is 7.09. The number of amides is 1. The summed E-state index contributed by atoms with van der Waals surface area (Å²) in [5, 5.41) is 7.13. The van der Waals surface area contributed by atoms with Crippen molar-refractivity contribution in [2.24, 2.45) is 0 Å². The quantitative estimate of drug-likeness (QED) is 0.687. The van der Waals surface area contributed by atoms with Crippen LogP contribution in [0.25, 0.3) is 5.69 Å². The van der Waals surface area contributed by atoms with E-state index in [1.54, 1.807) is 30.5 Å². The Morgan fingerprint density at radius 1 is 1.17 bits per heavy atom. The van der Waals surface area contributed by atoms with E-state index in [0.717, 1.165) is 30.9 Å². The topological polar surface area (TPSA) is 50.2 Å². The van der Waals surface area contributed by atoms with Crippen molar-refractivity contribution < 1.29 is 9.18 Å². The normalized spacial score (nSPS) is 14.7. The maximum atomic E-state index is 13.9. The van der Waals surface area contributed by atoms with Crippen LogP contribution in [0.2, 0.25) is 0 Å². The van der Waals surface area contributed by atoms with Gasteiger partial charge in [0.25, 0.3) is 5.91 Å². The second kappa shape index (κ2) is 8.80. The SMILES string of the molecule is Cc1cc(CN2CCSCC2)ccc1NC(=O)c1ccn(-c2ccccc2F)n1. The van der Waals surface area contributed by atoms with Gasteiger partial charge in [-0.1, -0.05) is 24.3 Å². The predicted octanol–water partition coefficient (Wildman–Crippen LogP) is 4.12. The number of hydrogen-bond acceptors (Lipinski definition) is 4. The Morgan fingerprint density at radius 2 is 1.97 bits per heavy atom. The fraction of sp³-hybridized carbons (Fsp3) is 0.273. The maximum absolute atomic E-state index is 13.9. The summed E-state index contributed by atoms with van der Waals surface area (Å²) in [6, 6.07) is 14.0. The molecule has 0 unspecified atom stereocenters. The van der Waals surface area contributed by atoms with Crippen molar-refractivity contribution in [3.8, 4) is 5.69 Å². The van der Waals surface area contributed by atoms with Crippen LogP contribution in [0.4, 0.5) is 10.1 Å². The molecule has 1 amide bonds. The maximum Gasteiger partial charge on any atom is 0.276 e. The Balaban J connectivity index is 1.44. The summed E-state index contributed by atoms with van der Waals surface area (Å²) in [5.74, 6) is 1.67. The van der Waals surface area contributed by atoms with Gasteiger partial charge in [0.2, 0.25) is 0 Å². The van der Waals surface area contributed by atoms with E-state index in [9.17, 15) is 9.18 Å². The molecular weight excluding hydrogens is 387 g/mol. The van der Waals surface area contributed by atoms with Crippen LogP contribution < -0.4 is 5.32 Å². The molecule has 0 saturated carbocycles. The zero-order valence-corrected chi connectivity index (χ0v) is 17.1. The predicted molar refractivity (Wildman–Crippen MR) is 115 cm³/mol. The highest BCUT2D eigenvalue weighted by molar-refractivity contribution is 7.99. The van der Waals surface area contributed by atoms with E-state index < -0.39 is 0 Å². The minimum Gasteiger partial charge on any atom is -0.320 e. The first kappa shape index (κ1) is 19.7. The Bertz CT molecular complexity index is 1010. The van der Waals surface area contributed by atoms with E-state index in [4.69, 9.17) is 0 Å². The summed E-state index contributed by atoms with van der Waals surface area (Å²) in [7, 11) is 0. The van der Waals surface area contributed by atoms with Crippen molar-refractivity contribution in [3.05, 3.63) is 77.4 Å². The minimum atomic E-state index is -0.388. The summed E-state index contributed by atoms with van der Waals surface area (Å²) in [6.07, 6.45) is 1.58. The number of carbonyl (C=O) groups excluding carboxylic acids is 1. The van der Waals surface area contributed by atoms with Gasteiger partial charge in [0.15, 0.2) is 5.69 Å². The van der Waals surface area contributed by atoms with Gasteiger partial charge in [0, 0.05) is 43.0 Å². The Morgan fingerprint density at radius 3 is 2.72 bits per heavy atom. The van der Waals surface area contributed by atoms with Crippen molar-refractivity contribution in [2.45, 2.75) is 13.5 Å². The Hall–Kier alpha value is -2.64. The average Bonchev–Trinajstić information content (AvgIpc) is 3.21. The largest absolute Gasteiger partial charge is 0.320 e. The lowest BCUT2D eigenvalue weighted by atomic mass is 10.1. The number of aryl methyl sites for hydroxylation is 1. The number of halogens is 1. The number of nitrogens with zero attached hydrogens (tertiary/aromatic N) is 3. The minimum absolute atomic E-state index is 0.238. The van der Waals surface area contributed by atoms with Gasteiger partial charge in [0.1, 0.15) is 11.5 Å². The molecule has 0 aliphatic carbocycles. The van der Waals surface area contributed by atoms with Gasteiger partial charge in [-0.2, -0.15) is 16.9 Å². The first-order chi connectivity index (χ1) is 14.1. The molecule has 1 N–H and O–H groups in total. The molecule has 1 saturated heterocycles. The van der Waals surface area contributed by atoms with E-state index in [1.165, 1.54) is 27.8 Å². The highest BCUT2D eigenvalue weighted by Gasteiger charge is 2.14. The van der Waals surface area contributed by atoms with Crippen molar-refractivity contribution in [1.82, 2.24) is 14.7 Å². The van der Waals surface area contributed by atoms with Crippen molar-refractivity contribution >= 4 is 23.4 Å². The number of para-hydroxylation sites is 1. The Labute approximate surface area is 173 Å². The third kappa shape index (κ3) is 4.68. The van der Waals surface area contributed by atoms with Crippen molar-refractivity contribution in [3.63, 3.8) is 0 Å². The van der Waals surface area contributed by atoms with E-state index in [2.05, 4.69) is 27.4 Å². The molecule has 2 aromatic carbocycles. The third-order valence-electron chi connectivity index (χ3n) is 4.97. The van der Waals surface area contributed by atoms with E-state index in [-0.39, 0.29) is 17.4 Å². The summed E-state index contributed by atoms with van der Waals surface area (Å²) in [4.78, 5) is 15.1. The zero-order chi connectivity index (χ0) is 20.2. The number of nitrogens with one attached hydrogen (secondary N) is 1. The molecule has 5 nitrogen and oxygen atoms in total. The molecule has 1 aliphatic rings. The van der Waals surface area contributed by atoms with Crippen LogP contribution in [0.5, 0.6) is 0 Å². The van der Waals surface area contributed by atoms with Crippen LogP contribution in [-0.2, 0) is 6.54 Å². The summed E-state index contributed by atoms with van der Waals surface area (Å²) < 4.78 is 15.3. The zero-order valence-electron chi connectivity index (χ0n) is 16.3. The monoisotopic (exact) mass is 410 g/mol. The second-order valence-corrected chi connectivity index (χ2v) is 8.31. The van der Waals surface area contributed by atoms with E-state index in [0.29, 0.717) is 5.69 Å². The van der Waals surface area contributed by atoms with Crippen LogP contribution in [0.1, 0.15) is 21.6 Å². The first-order valence-electron chi connectivity index (χ1n) is 9.62. The van der Waals surface area contributed by atoms with Gasteiger partial charge in [0.05, 0.1) is 0 Å². The number of rotatable bonds is 5. The number of benzene rings is 2. The van der Waals surface area contributed by atoms with Gasteiger partial charge in [-0.25, -0.2) is 9.07 Å². The van der Waals surface area contributed by atoms with Gasteiger partial charge in [-0.15, -0.1) is 0 Å². The third-order valence-corrected chi connectivity index (χ3v) is 5.91. The number of anilines is 1. The molecule has 7 heteroatoms. The first-order valence-corrected chi connectivity index (χ1v) is 10.8. The molecule has 3 aromatic rings. The lowest BCUT2D eigenvalue weighted by molar-refractivity contribution is 0.102. The highest BCUT2D eigenvalue weighted by Crippen LogP contribution is 2.20. The number of carbonyl (C=O) groups is 1. The van der Waals surface area contributed by atoms with Crippen LogP contribution in [-0.4, -0.2) is 45.2 Å². The van der Waals surface area contributed by atoms with Crippen LogP contribution in [0.3, 0.4) is 0 Å². The van der Waals surface area contributed by atoms with Crippen molar-refractivity contribution in [1.29, 1.82) is 0 Å². The lowest BCUT2D eigenvalue weighted by Crippen LogP contribution is -2.31. The van der Waals surface area contributed by atoms with Gasteiger partial charge in [-0.3, -0.25) is 9.69 Å². The molecule has 4 rings (SSSR count). The number of hydrogen-bond donors (Lipinski definition) is 1. The molecule has 0 atom stereocenters. The lowest BCUT2D eigenvalue weighted by Gasteiger charge is -2.26. The van der Waals surface area contributed by atoms with Gasteiger partial charge < -0.3 is 5.32 Å². The van der Waals surface area contributed by atoms with E-state index in [1.807, 2.05) is 24.8 Å². The molecule has 0 bridgehead atoms. The Kier molecular flexibility index (Phi) is 5.97. The van der Waals surface area contributed by atoms with E-state index >= 15 is 0 Å². The number of aromatic nitrogens is 2. The molecule has 150 valence electrons. The summed E-state index contributed by atoms with van der Waals surface area (Å²) >= 11 is 2.00. The van der Waals surface area contributed by atoms with Crippen LogP contribution >= 0.6 is 11.8 Å². The molecule has 1 aliphatic heterocycles. The molecule has 29 heavy (non-hydrogen) atoms. The average molecular weight is 411 g/mol. The van der Waals surface area contributed by atoms with Crippen LogP contribution in [0, 0.1) is 12.7 Å². The summed E-state index contributed by atoms with van der Waals surface area (Å²) in [5.41, 5.74) is 3.56. The molecular formula is C22H23FN4OS. The summed E-state index contributed by atoms with van der Waals surface area (Å²) in [6.45, 7) is 5.16. The fourth-order valence-electron chi connectivity index (χ4n) is 3.38. The molecule has 1 aromatic heterocycles. The van der Waals surface area contributed by atoms with Gasteiger partial charge >= 0.3 is 0 Å². The van der Waals surface area contributed by atoms with Gasteiger partial charge in [-0.05, 0) is 42.3 Å². The molecule has 2 heterocycles.